The topological polar surface area (TPSA) is 129 Å². The van der Waals surface area contributed by atoms with Crippen LogP contribution >= 0.6 is 0 Å². The number of anilines is 1. The van der Waals surface area contributed by atoms with Crippen molar-refractivity contribution in [1.29, 1.82) is 0 Å². The van der Waals surface area contributed by atoms with Gasteiger partial charge >= 0.3 is 0 Å². The third kappa shape index (κ3) is 10.9. The van der Waals surface area contributed by atoms with E-state index in [9.17, 15) is 17.9 Å². The highest BCUT2D eigenvalue weighted by atomic mass is 32.2. The van der Waals surface area contributed by atoms with Gasteiger partial charge in [-0.15, -0.1) is 10.2 Å². The Bertz CT molecular complexity index is 1820. The number of sulfonamides is 1. The highest BCUT2D eigenvalue weighted by Crippen LogP contribution is 2.40. The third-order valence-corrected chi connectivity index (χ3v) is 11.5. The molecule has 2 heterocycles. The fourth-order valence-corrected chi connectivity index (χ4v) is 7.91. The van der Waals surface area contributed by atoms with Crippen molar-refractivity contribution in [3.8, 4) is 34.6 Å². The molecule has 0 bridgehead atoms. The minimum Gasteiger partial charge on any atom is -0.494 e. The molecule has 0 aliphatic rings. The normalized spacial score (nSPS) is 13.1. The molecule has 0 fully saturated rings. The Hall–Kier alpha value is -4.23. The van der Waals surface area contributed by atoms with E-state index in [1.54, 1.807) is 41.0 Å². The average Bonchev–Trinajstić information content (AvgIpc) is 3.58. The number of halogens is 1. The number of unbranched alkanes of at least 4 members (excludes halogenated alkanes) is 8. The van der Waals surface area contributed by atoms with E-state index in [-0.39, 0.29) is 23.9 Å². The van der Waals surface area contributed by atoms with Crippen LogP contribution in [0, 0.1) is 11.2 Å². The number of hydrogen-bond acceptors (Lipinski definition) is 9. The number of aliphatic hydroxyl groups excluding tert-OH is 1. The Balaban J connectivity index is 1.69. The van der Waals surface area contributed by atoms with E-state index in [0.29, 0.717) is 40.6 Å². The first-order chi connectivity index (χ1) is 25.3. The second kappa shape index (κ2) is 19.2. The predicted molar refractivity (Wildman–Crippen MR) is 207 cm³/mol. The molecule has 0 radical (unpaired) electrons. The molecule has 0 aliphatic heterocycles. The van der Waals surface area contributed by atoms with Crippen LogP contribution in [0.15, 0.2) is 60.7 Å². The number of aliphatic hydroxyl groups is 1. The SMILES string of the molecule is COc1cccc(-c2nnc(N(CCCCCCCCCCCC(C)(C)C)S(=O)(=O)[C@@H](C)[C@@H](O)c3ccc(F)cc3)n2-c2c(OC)cccc2OC)n1. The lowest BCUT2D eigenvalue weighted by atomic mass is 9.89. The summed E-state index contributed by atoms with van der Waals surface area (Å²) >= 11 is 0. The summed E-state index contributed by atoms with van der Waals surface area (Å²) in [6.07, 6.45) is 9.18. The number of ether oxygens (including phenoxy) is 3. The number of methoxy groups -OCH3 is 3. The molecule has 0 amide bonds. The zero-order valence-corrected chi connectivity index (χ0v) is 33.0. The summed E-state index contributed by atoms with van der Waals surface area (Å²) < 4.78 is 62.9. The molecule has 0 spiro atoms. The molecular weight excluding hydrogens is 698 g/mol. The summed E-state index contributed by atoms with van der Waals surface area (Å²) in [5, 5.41) is 19.0. The Morgan fingerprint density at radius 3 is 1.92 bits per heavy atom. The molecule has 0 saturated heterocycles. The minimum atomic E-state index is -4.34. The van der Waals surface area contributed by atoms with Crippen molar-refractivity contribution >= 4 is 16.0 Å². The number of hydrogen-bond donors (Lipinski definition) is 1. The summed E-state index contributed by atoms with van der Waals surface area (Å²) in [4.78, 5) is 4.58. The van der Waals surface area contributed by atoms with Crippen LogP contribution in [-0.2, 0) is 10.0 Å². The molecule has 53 heavy (non-hydrogen) atoms. The van der Waals surface area contributed by atoms with Gasteiger partial charge in [0, 0.05) is 12.6 Å². The minimum absolute atomic E-state index is 0.0270. The van der Waals surface area contributed by atoms with Crippen molar-refractivity contribution in [2.24, 2.45) is 5.41 Å². The fraction of sp³-hybridized carbons (Fsp3) is 0.525. The molecule has 11 nitrogen and oxygen atoms in total. The average molecular weight is 754 g/mol. The molecular formula is C40H56FN5O6S. The third-order valence-electron chi connectivity index (χ3n) is 9.38. The van der Waals surface area contributed by atoms with E-state index in [1.807, 2.05) is 0 Å². The van der Waals surface area contributed by atoms with Gasteiger partial charge in [-0.2, -0.15) is 0 Å². The Kier molecular flexibility index (Phi) is 15.0. The predicted octanol–water partition coefficient (Wildman–Crippen LogP) is 8.70. The van der Waals surface area contributed by atoms with Crippen LogP contribution in [0.3, 0.4) is 0 Å². The molecule has 4 aromatic rings. The van der Waals surface area contributed by atoms with Crippen LogP contribution in [0.5, 0.6) is 17.4 Å². The highest BCUT2D eigenvalue weighted by Gasteiger charge is 2.38. The van der Waals surface area contributed by atoms with Gasteiger partial charge in [0.15, 0.2) is 5.82 Å². The van der Waals surface area contributed by atoms with E-state index in [1.165, 1.54) is 88.9 Å². The van der Waals surface area contributed by atoms with Gasteiger partial charge in [-0.25, -0.2) is 22.1 Å². The fourth-order valence-electron chi connectivity index (χ4n) is 6.30. The van der Waals surface area contributed by atoms with Gasteiger partial charge in [0.25, 0.3) is 0 Å². The van der Waals surface area contributed by atoms with E-state index in [2.05, 4.69) is 36.0 Å². The lowest BCUT2D eigenvalue weighted by Crippen LogP contribution is -2.42. The quantitative estimate of drug-likeness (QED) is 0.0831. The Morgan fingerprint density at radius 1 is 0.792 bits per heavy atom. The maximum atomic E-state index is 14.7. The Morgan fingerprint density at radius 2 is 1.36 bits per heavy atom. The van der Waals surface area contributed by atoms with Crippen molar-refractivity contribution in [3.05, 3.63) is 72.0 Å². The lowest BCUT2D eigenvalue weighted by Gasteiger charge is -2.30. The van der Waals surface area contributed by atoms with E-state index in [4.69, 9.17) is 14.2 Å². The molecule has 0 saturated carbocycles. The van der Waals surface area contributed by atoms with Crippen molar-refractivity contribution in [3.63, 3.8) is 0 Å². The second-order valence-corrected chi connectivity index (χ2v) is 16.8. The molecule has 13 heteroatoms. The van der Waals surface area contributed by atoms with Crippen molar-refractivity contribution in [2.75, 3.05) is 32.2 Å². The maximum Gasteiger partial charge on any atom is 0.246 e. The number of rotatable bonds is 21. The van der Waals surface area contributed by atoms with Crippen molar-refractivity contribution in [1.82, 2.24) is 19.7 Å². The molecule has 1 N–H and O–H groups in total. The summed E-state index contributed by atoms with van der Waals surface area (Å²) in [5.41, 5.74) is 1.38. The zero-order valence-electron chi connectivity index (χ0n) is 32.2. The first-order valence-electron chi connectivity index (χ1n) is 18.5. The van der Waals surface area contributed by atoms with E-state index in [0.717, 1.165) is 25.7 Å². The number of para-hydroxylation sites is 1. The van der Waals surface area contributed by atoms with E-state index >= 15 is 0 Å². The van der Waals surface area contributed by atoms with Gasteiger partial charge in [0.05, 0.1) is 27.4 Å². The van der Waals surface area contributed by atoms with Crippen LogP contribution < -0.4 is 18.5 Å². The van der Waals surface area contributed by atoms with Gasteiger partial charge in [-0.05, 0) is 61.1 Å². The molecule has 290 valence electrons. The van der Waals surface area contributed by atoms with Gasteiger partial charge in [0.2, 0.25) is 21.9 Å². The molecule has 0 unspecified atom stereocenters. The standard InChI is InChI=1S/C40H56FN5O6S/c1-29(37(47)30-23-25-31(41)26-24-30)53(48,49)45(28-16-14-12-10-8-9-11-13-15-27-40(2,3)4)39-44-43-38(32-19-17-22-35(42-32)52-7)46(39)36-33(50-5)20-18-21-34(36)51-6/h17-26,29,37,47H,8-16,27-28H2,1-7H3/t29-,37+/m0/s1. The number of aromatic nitrogens is 4. The first kappa shape index (κ1) is 41.5. The summed E-state index contributed by atoms with van der Waals surface area (Å²) in [6.45, 7) is 8.35. The number of nitrogens with zero attached hydrogens (tertiary/aromatic N) is 5. The van der Waals surface area contributed by atoms with Gasteiger partial charge < -0.3 is 19.3 Å². The Labute approximate surface area is 314 Å². The smallest absolute Gasteiger partial charge is 0.246 e. The monoisotopic (exact) mass is 753 g/mol. The van der Waals surface area contributed by atoms with Crippen LogP contribution in [0.1, 0.15) is 104 Å². The second-order valence-electron chi connectivity index (χ2n) is 14.5. The van der Waals surface area contributed by atoms with Crippen LogP contribution in [-0.4, -0.2) is 66.4 Å². The highest BCUT2D eigenvalue weighted by molar-refractivity contribution is 7.93. The van der Waals surface area contributed by atoms with Gasteiger partial charge in [-0.1, -0.05) is 96.4 Å². The van der Waals surface area contributed by atoms with Crippen LogP contribution in [0.4, 0.5) is 10.3 Å². The first-order valence-corrected chi connectivity index (χ1v) is 20.0. The molecule has 2 atom stereocenters. The van der Waals surface area contributed by atoms with Crippen molar-refractivity contribution < 1.29 is 32.1 Å². The molecule has 4 rings (SSSR count). The van der Waals surface area contributed by atoms with Crippen LogP contribution in [0.25, 0.3) is 17.2 Å². The zero-order chi connectivity index (χ0) is 38.6. The summed E-state index contributed by atoms with van der Waals surface area (Å²) in [7, 11) is 0.172. The van der Waals surface area contributed by atoms with Crippen molar-refractivity contribution in [2.45, 2.75) is 103 Å². The largest absolute Gasteiger partial charge is 0.494 e. The van der Waals surface area contributed by atoms with E-state index < -0.39 is 27.2 Å². The summed E-state index contributed by atoms with van der Waals surface area (Å²) in [5.74, 6) is 0.790. The maximum absolute atomic E-state index is 14.7. The number of benzene rings is 2. The molecule has 0 aliphatic carbocycles. The van der Waals surface area contributed by atoms with Gasteiger partial charge in [-0.3, -0.25) is 4.57 Å². The number of pyridine rings is 1. The van der Waals surface area contributed by atoms with Gasteiger partial charge in [0.1, 0.15) is 33.9 Å². The lowest BCUT2D eigenvalue weighted by molar-refractivity contribution is 0.175. The molecule has 2 aromatic heterocycles. The molecule has 2 aromatic carbocycles. The summed E-state index contributed by atoms with van der Waals surface area (Å²) in [6, 6.07) is 15.5. The van der Waals surface area contributed by atoms with Crippen LogP contribution in [0.2, 0.25) is 0 Å².